The van der Waals surface area contributed by atoms with E-state index in [1.54, 1.807) is 12.2 Å². The molecule has 3 atom stereocenters. The van der Waals surface area contributed by atoms with Crippen LogP contribution >= 0.6 is 0 Å². The Morgan fingerprint density at radius 3 is 2.90 bits per heavy atom. The third-order valence-electron chi connectivity index (χ3n) is 3.34. The minimum Gasteiger partial charge on any atom is -0.466 e. The van der Waals surface area contributed by atoms with Gasteiger partial charge < -0.3 is 19.3 Å². The molecule has 0 aromatic rings. The van der Waals surface area contributed by atoms with Crippen LogP contribution in [0.4, 0.5) is 0 Å². The molecule has 0 bridgehead atoms. The van der Waals surface area contributed by atoms with Crippen molar-refractivity contribution in [2.75, 3.05) is 13.7 Å². The molecule has 21 heavy (non-hydrogen) atoms. The second-order valence-corrected chi connectivity index (χ2v) is 5.11. The Kier molecular flexibility index (Phi) is 8.98. The van der Waals surface area contributed by atoms with Crippen molar-refractivity contribution in [3.63, 3.8) is 0 Å². The summed E-state index contributed by atoms with van der Waals surface area (Å²) in [7, 11) is 1.33. The van der Waals surface area contributed by atoms with Gasteiger partial charge in [0.1, 0.15) is 0 Å². The normalized spacial score (nSPS) is 21.9. The number of hydrogen-bond donors (Lipinski definition) is 1. The average molecular weight is 298 g/mol. The highest BCUT2D eigenvalue weighted by molar-refractivity contribution is 5.81. The summed E-state index contributed by atoms with van der Waals surface area (Å²) >= 11 is 0. The fourth-order valence-electron chi connectivity index (χ4n) is 2.14. The molecule has 0 spiro atoms. The number of rotatable bonds is 9. The molecule has 1 heterocycles. The van der Waals surface area contributed by atoms with Gasteiger partial charge >= 0.3 is 5.97 Å². The second kappa shape index (κ2) is 10.5. The number of aliphatic hydroxyl groups is 1. The van der Waals surface area contributed by atoms with E-state index in [-0.39, 0.29) is 12.4 Å². The van der Waals surface area contributed by atoms with Crippen LogP contribution in [0.5, 0.6) is 0 Å². The summed E-state index contributed by atoms with van der Waals surface area (Å²) in [6, 6.07) is 0. The van der Waals surface area contributed by atoms with Gasteiger partial charge in [-0.1, -0.05) is 6.08 Å². The maximum atomic E-state index is 11.2. The molecule has 0 radical (unpaired) electrons. The van der Waals surface area contributed by atoms with Crippen LogP contribution < -0.4 is 0 Å². The Hall–Kier alpha value is -1.17. The van der Waals surface area contributed by atoms with Crippen molar-refractivity contribution in [1.82, 2.24) is 0 Å². The first kappa shape index (κ1) is 17.9. The van der Waals surface area contributed by atoms with E-state index in [0.717, 1.165) is 19.3 Å². The van der Waals surface area contributed by atoms with Crippen LogP contribution in [0.1, 0.15) is 38.5 Å². The van der Waals surface area contributed by atoms with Crippen LogP contribution in [0.2, 0.25) is 0 Å². The van der Waals surface area contributed by atoms with Gasteiger partial charge in [0.2, 0.25) is 0 Å². The van der Waals surface area contributed by atoms with Crippen LogP contribution in [-0.2, 0) is 19.0 Å². The van der Waals surface area contributed by atoms with Crippen LogP contribution in [0.3, 0.4) is 0 Å². The lowest BCUT2D eigenvalue weighted by Gasteiger charge is -2.26. The van der Waals surface area contributed by atoms with Gasteiger partial charge in [-0.15, -0.1) is 6.58 Å². The molecule has 0 aromatic carbocycles. The van der Waals surface area contributed by atoms with E-state index in [9.17, 15) is 9.90 Å². The van der Waals surface area contributed by atoms with Gasteiger partial charge in [0.15, 0.2) is 6.29 Å². The third-order valence-corrected chi connectivity index (χ3v) is 3.34. The topological polar surface area (TPSA) is 65.0 Å². The molecule has 1 unspecified atom stereocenters. The summed E-state index contributed by atoms with van der Waals surface area (Å²) in [6.07, 6.45) is 8.51. The summed E-state index contributed by atoms with van der Waals surface area (Å²) in [5, 5.41) is 9.75. The van der Waals surface area contributed by atoms with Crippen molar-refractivity contribution in [1.29, 1.82) is 0 Å². The van der Waals surface area contributed by atoms with Crippen molar-refractivity contribution in [3.05, 3.63) is 24.8 Å². The predicted octanol–water partition coefficient (Wildman–Crippen LogP) is 2.34. The first-order chi connectivity index (χ1) is 10.2. The van der Waals surface area contributed by atoms with E-state index < -0.39 is 12.1 Å². The molecule has 1 N–H and O–H groups in total. The van der Waals surface area contributed by atoms with Crippen molar-refractivity contribution < 1.29 is 24.1 Å². The van der Waals surface area contributed by atoms with Crippen LogP contribution in [0.25, 0.3) is 0 Å². The number of carbonyl (C=O) groups is 1. The van der Waals surface area contributed by atoms with Crippen molar-refractivity contribution in [2.24, 2.45) is 0 Å². The van der Waals surface area contributed by atoms with Gasteiger partial charge in [-0.25, -0.2) is 4.79 Å². The monoisotopic (exact) mass is 298 g/mol. The first-order valence-corrected chi connectivity index (χ1v) is 7.48. The number of ether oxygens (including phenoxy) is 3. The molecule has 0 amide bonds. The smallest absolute Gasteiger partial charge is 0.330 e. The van der Waals surface area contributed by atoms with E-state index in [4.69, 9.17) is 9.47 Å². The fourth-order valence-corrected chi connectivity index (χ4v) is 2.14. The van der Waals surface area contributed by atoms with E-state index in [1.807, 2.05) is 0 Å². The Balaban J connectivity index is 2.49. The molecule has 0 saturated carbocycles. The highest BCUT2D eigenvalue weighted by atomic mass is 16.7. The lowest BCUT2D eigenvalue weighted by atomic mass is 10.1. The minimum absolute atomic E-state index is 0.234. The van der Waals surface area contributed by atoms with Crippen molar-refractivity contribution in [2.45, 2.75) is 57.0 Å². The zero-order valence-electron chi connectivity index (χ0n) is 12.7. The predicted molar refractivity (Wildman–Crippen MR) is 79.7 cm³/mol. The molecule has 0 aliphatic carbocycles. The summed E-state index contributed by atoms with van der Waals surface area (Å²) in [5.74, 6) is -0.417. The largest absolute Gasteiger partial charge is 0.466 e. The molecular formula is C16H26O5. The molecule has 1 aliphatic heterocycles. The number of carbonyl (C=O) groups excluding carboxylic acids is 1. The molecule has 5 heteroatoms. The van der Waals surface area contributed by atoms with Gasteiger partial charge in [0.25, 0.3) is 0 Å². The molecule has 5 nitrogen and oxygen atoms in total. The Labute approximate surface area is 126 Å². The fraction of sp³-hybridized carbons (Fsp3) is 0.688. The van der Waals surface area contributed by atoms with Gasteiger partial charge in [0.05, 0.1) is 19.3 Å². The lowest BCUT2D eigenvalue weighted by Crippen LogP contribution is -2.27. The maximum Gasteiger partial charge on any atom is 0.330 e. The van der Waals surface area contributed by atoms with E-state index in [2.05, 4.69) is 11.3 Å². The summed E-state index contributed by atoms with van der Waals surface area (Å²) < 4.78 is 16.0. The van der Waals surface area contributed by atoms with Crippen LogP contribution in [0, 0.1) is 0 Å². The average Bonchev–Trinajstić information content (AvgIpc) is 2.51. The lowest BCUT2D eigenvalue weighted by molar-refractivity contribution is -0.180. The second-order valence-electron chi connectivity index (χ2n) is 5.11. The molecule has 1 rings (SSSR count). The molecule has 0 aromatic heterocycles. The highest BCUT2D eigenvalue weighted by Crippen LogP contribution is 2.19. The van der Waals surface area contributed by atoms with Gasteiger partial charge in [-0.05, 0) is 44.6 Å². The minimum atomic E-state index is -0.438. The zero-order chi connectivity index (χ0) is 15.5. The van der Waals surface area contributed by atoms with Crippen molar-refractivity contribution >= 4 is 5.97 Å². The quantitative estimate of drug-likeness (QED) is 0.402. The summed E-state index contributed by atoms with van der Waals surface area (Å²) in [6.45, 7) is 4.31. The first-order valence-electron chi connectivity index (χ1n) is 7.48. The Morgan fingerprint density at radius 2 is 2.29 bits per heavy atom. The number of esters is 1. The molecule has 120 valence electrons. The number of aliphatic hydroxyl groups excluding tert-OH is 1. The zero-order valence-corrected chi connectivity index (χ0v) is 12.7. The standard InChI is InChI=1S/C16H26O5/c1-3-6-13(17)8-9-14(10-11-15(18)19-2)21-16-7-4-5-12-20-16/h3,10-11,13-14,16-17H,1,4-9,12H2,2H3/b11-10+/t13-,14+,16?/m0/s1. The van der Waals surface area contributed by atoms with E-state index >= 15 is 0 Å². The van der Waals surface area contributed by atoms with Gasteiger partial charge in [-0.2, -0.15) is 0 Å². The molecule has 1 aliphatic rings. The van der Waals surface area contributed by atoms with Gasteiger partial charge in [-0.3, -0.25) is 0 Å². The highest BCUT2D eigenvalue weighted by Gasteiger charge is 2.19. The third kappa shape index (κ3) is 7.99. The molecule has 1 fully saturated rings. The van der Waals surface area contributed by atoms with Gasteiger partial charge in [0, 0.05) is 12.7 Å². The Bertz CT molecular complexity index is 334. The van der Waals surface area contributed by atoms with Crippen LogP contribution in [-0.4, -0.2) is 43.3 Å². The molecule has 1 saturated heterocycles. The van der Waals surface area contributed by atoms with Crippen LogP contribution in [0.15, 0.2) is 24.8 Å². The summed E-state index contributed by atoms with van der Waals surface area (Å²) in [5.41, 5.74) is 0. The molecular weight excluding hydrogens is 272 g/mol. The Morgan fingerprint density at radius 1 is 1.48 bits per heavy atom. The van der Waals surface area contributed by atoms with Crippen molar-refractivity contribution in [3.8, 4) is 0 Å². The number of hydrogen-bond acceptors (Lipinski definition) is 5. The van der Waals surface area contributed by atoms with E-state index in [0.29, 0.717) is 25.9 Å². The SMILES string of the molecule is C=CC[C@H](O)CC[C@H](/C=C/C(=O)OC)OC1CCCCO1. The maximum absolute atomic E-state index is 11.2. The number of methoxy groups -OCH3 is 1. The van der Waals surface area contributed by atoms with E-state index in [1.165, 1.54) is 13.2 Å². The summed E-state index contributed by atoms with van der Waals surface area (Å²) in [4.78, 5) is 11.2.